The first kappa shape index (κ1) is 26.6. The van der Waals surface area contributed by atoms with Gasteiger partial charge in [0.25, 0.3) is 0 Å². The SMILES string of the molecule is Br.CCP(CC)CC.CCP(CC)CC.[Pt]. The van der Waals surface area contributed by atoms with Crippen molar-refractivity contribution in [1.29, 1.82) is 0 Å². The molecule has 0 unspecified atom stereocenters. The van der Waals surface area contributed by atoms with E-state index in [-0.39, 0.29) is 38.0 Å². The molecule has 0 fully saturated rings. The third kappa shape index (κ3) is 18.4. The summed E-state index contributed by atoms with van der Waals surface area (Å²) >= 11 is 0. The van der Waals surface area contributed by atoms with Crippen LogP contribution < -0.4 is 0 Å². The van der Waals surface area contributed by atoms with E-state index in [1.165, 1.54) is 37.0 Å². The molecular formula is C12H31BrP2Pt. The molecular weight excluding hydrogens is 481 g/mol. The van der Waals surface area contributed by atoms with Crippen molar-refractivity contribution in [3.05, 3.63) is 0 Å². The summed E-state index contributed by atoms with van der Waals surface area (Å²) in [5, 5.41) is 0. The summed E-state index contributed by atoms with van der Waals surface area (Å²) in [6, 6.07) is 0. The standard InChI is InChI=1S/2C6H15P.BrH.Pt/c2*1-4-7(5-2)6-3;;/h2*4-6H2,1-3H3;1H;. The van der Waals surface area contributed by atoms with Crippen molar-refractivity contribution in [2.75, 3.05) is 37.0 Å². The molecule has 0 spiro atoms. The first-order valence-electron chi connectivity index (χ1n) is 6.14. The minimum atomic E-state index is 0. The minimum absolute atomic E-state index is 0. The van der Waals surface area contributed by atoms with Crippen molar-refractivity contribution in [2.45, 2.75) is 41.5 Å². The molecule has 0 aromatic carbocycles. The van der Waals surface area contributed by atoms with Crippen LogP contribution in [0.5, 0.6) is 0 Å². The van der Waals surface area contributed by atoms with E-state index < -0.39 is 0 Å². The summed E-state index contributed by atoms with van der Waals surface area (Å²) in [5.41, 5.74) is 0. The molecule has 0 nitrogen and oxygen atoms in total. The maximum atomic E-state index is 2.29. The van der Waals surface area contributed by atoms with E-state index in [4.69, 9.17) is 0 Å². The third-order valence-electron chi connectivity index (χ3n) is 2.68. The van der Waals surface area contributed by atoms with Crippen LogP contribution >= 0.6 is 32.8 Å². The molecule has 0 aliphatic heterocycles. The fourth-order valence-corrected chi connectivity index (χ4v) is 4.02. The first-order chi connectivity index (χ1) is 6.69. The fourth-order valence-electron chi connectivity index (χ4n) is 1.34. The van der Waals surface area contributed by atoms with E-state index in [0.717, 1.165) is 0 Å². The molecule has 0 aliphatic rings. The van der Waals surface area contributed by atoms with Crippen LogP contribution in [0.1, 0.15) is 41.5 Å². The van der Waals surface area contributed by atoms with Crippen LogP contribution in [0.15, 0.2) is 0 Å². The van der Waals surface area contributed by atoms with E-state index in [0.29, 0.717) is 15.8 Å². The van der Waals surface area contributed by atoms with Crippen LogP contribution in [0, 0.1) is 0 Å². The maximum absolute atomic E-state index is 2.29. The zero-order valence-corrected chi connectivity index (χ0v) is 17.6. The molecule has 0 rings (SSSR count). The van der Waals surface area contributed by atoms with Crippen molar-refractivity contribution < 1.29 is 21.1 Å². The van der Waals surface area contributed by atoms with Gasteiger partial charge in [0.2, 0.25) is 0 Å². The van der Waals surface area contributed by atoms with E-state index >= 15 is 0 Å². The molecule has 106 valence electrons. The summed E-state index contributed by atoms with van der Waals surface area (Å²) in [5.74, 6) is 0. The molecule has 16 heavy (non-hydrogen) atoms. The second-order valence-electron chi connectivity index (χ2n) is 3.24. The van der Waals surface area contributed by atoms with E-state index in [9.17, 15) is 0 Å². The van der Waals surface area contributed by atoms with Crippen LogP contribution in [0.4, 0.5) is 0 Å². The normalized spacial score (nSPS) is 9.00. The Morgan fingerprint density at radius 2 is 0.625 bits per heavy atom. The summed E-state index contributed by atoms with van der Waals surface area (Å²) in [6.07, 6.45) is 8.51. The molecule has 0 atom stereocenters. The van der Waals surface area contributed by atoms with Gasteiger partial charge in [-0.2, -0.15) is 0 Å². The van der Waals surface area contributed by atoms with Crippen LogP contribution in [0.3, 0.4) is 0 Å². The Kier molecular flexibility index (Phi) is 36.9. The fraction of sp³-hybridized carbons (Fsp3) is 1.00. The largest absolute Gasteiger partial charge is 0.114 e. The Labute approximate surface area is 132 Å². The van der Waals surface area contributed by atoms with Gasteiger partial charge in [-0.1, -0.05) is 41.5 Å². The molecule has 0 N–H and O–H groups in total. The molecule has 0 aromatic rings. The quantitative estimate of drug-likeness (QED) is 0.405. The molecule has 0 heterocycles. The van der Waals surface area contributed by atoms with Crippen molar-refractivity contribution in [1.82, 2.24) is 0 Å². The molecule has 0 radical (unpaired) electrons. The smallest absolute Gasteiger partial charge is 0 e. The minimum Gasteiger partial charge on any atom is -0.114 e. The Balaban J connectivity index is -0.0000000800. The monoisotopic (exact) mass is 511 g/mol. The average Bonchev–Trinajstić information content (AvgIpc) is 2.24. The molecule has 0 amide bonds. The zero-order chi connectivity index (χ0) is 11.4. The van der Waals surface area contributed by atoms with Crippen molar-refractivity contribution in [3.63, 3.8) is 0 Å². The van der Waals surface area contributed by atoms with Gasteiger partial charge in [0.15, 0.2) is 0 Å². The number of hydrogen-bond donors (Lipinski definition) is 0. The van der Waals surface area contributed by atoms with Gasteiger partial charge >= 0.3 is 0 Å². The summed E-state index contributed by atoms with van der Waals surface area (Å²) in [6.45, 7) is 13.7. The zero-order valence-electron chi connectivity index (χ0n) is 11.9. The van der Waals surface area contributed by atoms with Gasteiger partial charge in [-0.3, -0.25) is 0 Å². The molecule has 0 saturated heterocycles. The molecule has 4 heteroatoms. The predicted molar refractivity (Wildman–Crippen MR) is 87.4 cm³/mol. The van der Waals surface area contributed by atoms with Crippen molar-refractivity contribution in [3.8, 4) is 0 Å². The Morgan fingerprint density at radius 1 is 0.500 bits per heavy atom. The third-order valence-corrected chi connectivity index (χ3v) is 8.05. The van der Waals surface area contributed by atoms with Gasteiger partial charge in [0, 0.05) is 21.1 Å². The summed E-state index contributed by atoms with van der Waals surface area (Å²) in [7, 11) is 0.892. The number of halogens is 1. The topological polar surface area (TPSA) is 0 Å². The van der Waals surface area contributed by atoms with E-state index in [1.54, 1.807) is 0 Å². The van der Waals surface area contributed by atoms with Crippen LogP contribution in [0.2, 0.25) is 0 Å². The first-order valence-corrected chi connectivity index (χ1v) is 9.93. The Bertz CT molecular complexity index is 74.0. The van der Waals surface area contributed by atoms with Crippen LogP contribution in [0.25, 0.3) is 0 Å². The van der Waals surface area contributed by atoms with Gasteiger partial charge < -0.3 is 0 Å². The Morgan fingerprint density at radius 3 is 0.625 bits per heavy atom. The second-order valence-corrected chi connectivity index (χ2v) is 9.72. The summed E-state index contributed by atoms with van der Waals surface area (Å²) < 4.78 is 0. The van der Waals surface area contributed by atoms with Crippen molar-refractivity contribution >= 4 is 32.8 Å². The molecule has 0 aliphatic carbocycles. The van der Waals surface area contributed by atoms with Gasteiger partial charge in [0.05, 0.1) is 0 Å². The van der Waals surface area contributed by atoms with E-state index in [2.05, 4.69) is 41.5 Å². The second kappa shape index (κ2) is 22.2. The molecule has 0 saturated carbocycles. The van der Waals surface area contributed by atoms with Crippen LogP contribution in [-0.2, 0) is 21.1 Å². The predicted octanol–water partition coefficient (Wildman–Crippen LogP) is 5.63. The Hall–Kier alpha value is 2.03. The molecule has 0 aromatic heterocycles. The summed E-state index contributed by atoms with van der Waals surface area (Å²) in [4.78, 5) is 0. The molecule has 0 bridgehead atoms. The number of hydrogen-bond acceptors (Lipinski definition) is 0. The average molecular weight is 512 g/mol. The van der Waals surface area contributed by atoms with Gasteiger partial charge in [-0.05, 0) is 37.0 Å². The van der Waals surface area contributed by atoms with E-state index in [1.807, 2.05) is 0 Å². The van der Waals surface area contributed by atoms with Gasteiger partial charge in [0.1, 0.15) is 0 Å². The van der Waals surface area contributed by atoms with Gasteiger partial charge in [-0.25, -0.2) is 0 Å². The van der Waals surface area contributed by atoms with Crippen LogP contribution in [-0.4, -0.2) is 37.0 Å². The number of rotatable bonds is 6. The van der Waals surface area contributed by atoms with Gasteiger partial charge in [-0.15, -0.1) is 32.8 Å². The maximum Gasteiger partial charge on any atom is 0 e. The van der Waals surface area contributed by atoms with Crippen molar-refractivity contribution in [2.24, 2.45) is 0 Å².